The third kappa shape index (κ3) is 10.9. The quantitative estimate of drug-likeness (QED) is 0.0729. The van der Waals surface area contributed by atoms with E-state index in [1.807, 2.05) is 55.5 Å². The van der Waals surface area contributed by atoms with Crippen LogP contribution in [0.15, 0.2) is 62.2 Å². The second-order valence-electron chi connectivity index (χ2n) is 11.7. The number of nitrogens with zero attached hydrogens (tertiary/aromatic N) is 6. The van der Waals surface area contributed by atoms with Gasteiger partial charge in [0.05, 0.1) is 6.61 Å². The van der Waals surface area contributed by atoms with Crippen LogP contribution < -0.4 is 5.82 Å². The molecule has 0 saturated heterocycles. The van der Waals surface area contributed by atoms with Crippen LogP contribution in [0.1, 0.15) is 57.1 Å². The Bertz CT molecular complexity index is 1840. The molecule has 4 rings (SSSR count). The maximum absolute atomic E-state index is 13.6. The lowest BCUT2D eigenvalue weighted by atomic mass is 9.97. The molecule has 0 saturated carbocycles. The average molecular weight is 728 g/mol. The zero-order valence-corrected chi connectivity index (χ0v) is 28.5. The predicted octanol–water partition coefficient (Wildman–Crippen LogP) is 3.67. The van der Waals surface area contributed by atoms with Crippen LogP contribution in [0.4, 0.5) is 0 Å². The van der Waals surface area contributed by atoms with Crippen molar-refractivity contribution < 1.29 is 47.7 Å². The van der Waals surface area contributed by atoms with E-state index in [9.17, 15) is 34.6 Å². The number of nitrogens with one attached hydrogen (secondary N) is 1. The van der Waals surface area contributed by atoms with Gasteiger partial charge in [0.1, 0.15) is 19.3 Å². The lowest BCUT2D eigenvalue weighted by molar-refractivity contribution is -0.790. The molecule has 0 aliphatic rings. The molecule has 1 N–H and O–H groups in total. The van der Waals surface area contributed by atoms with Crippen LogP contribution in [0.25, 0.3) is 22.5 Å². The van der Waals surface area contributed by atoms with E-state index in [1.165, 1.54) is 4.90 Å². The van der Waals surface area contributed by atoms with Crippen LogP contribution in [0.3, 0.4) is 0 Å². The lowest BCUT2D eigenvalue weighted by Crippen LogP contribution is -2.48. The predicted molar refractivity (Wildman–Crippen MR) is 175 cm³/mol. The van der Waals surface area contributed by atoms with Crippen LogP contribution in [-0.4, -0.2) is 72.9 Å². The molecule has 52 heavy (non-hydrogen) atoms. The Hall–Kier alpha value is -6.18. The first kappa shape index (κ1) is 38.6. The summed E-state index contributed by atoms with van der Waals surface area (Å²) < 4.78 is 20.8. The fourth-order valence-corrected chi connectivity index (χ4v) is 5.20. The molecule has 2 heterocycles. The number of hydrogen-bond acceptors (Lipinski definition) is 16. The van der Waals surface area contributed by atoms with Gasteiger partial charge in [-0.2, -0.15) is 5.21 Å². The van der Waals surface area contributed by atoms with Crippen molar-refractivity contribution in [3.63, 3.8) is 0 Å². The second kappa shape index (κ2) is 18.7. The van der Waals surface area contributed by atoms with Gasteiger partial charge >= 0.3 is 11.8 Å². The van der Waals surface area contributed by atoms with Gasteiger partial charge in [0, 0.05) is 18.5 Å². The summed E-state index contributed by atoms with van der Waals surface area (Å²) in [6, 6.07) is 14.1. The number of benzene rings is 2. The number of tetrazole rings is 1. The Morgan fingerprint density at radius 1 is 0.962 bits per heavy atom. The number of aromatic nitrogens is 4. The summed E-state index contributed by atoms with van der Waals surface area (Å²) in [6.07, 6.45) is 0.0921. The second-order valence-corrected chi connectivity index (χ2v) is 11.7. The molecule has 278 valence electrons. The number of hydrogen-bond donors (Lipinski definition) is 1. The molecule has 4 aromatic rings. The van der Waals surface area contributed by atoms with Crippen LogP contribution in [0.2, 0.25) is 0 Å². The van der Waals surface area contributed by atoms with Crippen LogP contribution in [0.5, 0.6) is 0 Å². The molecule has 0 aliphatic carbocycles. The topological polar surface area (TPSA) is 258 Å². The smallest absolute Gasteiger partial charge is 0.456 e. The highest BCUT2D eigenvalue weighted by atomic mass is 17.0. The van der Waals surface area contributed by atoms with Gasteiger partial charge in [-0.1, -0.05) is 75.7 Å². The first-order valence-electron chi connectivity index (χ1n) is 16.1. The van der Waals surface area contributed by atoms with Crippen molar-refractivity contribution in [1.82, 2.24) is 25.5 Å². The zero-order valence-electron chi connectivity index (χ0n) is 28.5. The fourth-order valence-electron chi connectivity index (χ4n) is 5.20. The van der Waals surface area contributed by atoms with E-state index in [0.717, 1.165) is 28.7 Å². The van der Waals surface area contributed by atoms with E-state index in [2.05, 4.69) is 30.3 Å². The number of rotatable bonds is 21. The Balaban J connectivity index is 1.47. The SMILES string of the molecule is CCCCC(=O)N(Cc1ccc(-c2ccccc2-c2nn[nH]n2)cc1)[C@H](C(=O)OCc1oc(=O)oc1COC[C@@H](CO[N+](=O)[O-])O[N+](=O)[O-])C(C)C. The number of carbonyl (C=O) groups is 2. The largest absolute Gasteiger partial charge is 0.519 e. The molecule has 20 heteroatoms. The number of esters is 1. The number of ether oxygens (including phenoxy) is 2. The summed E-state index contributed by atoms with van der Waals surface area (Å²) in [5.41, 5.74) is 3.29. The van der Waals surface area contributed by atoms with Crippen molar-refractivity contribution >= 4 is 11.9 Å². The van der Waals surface area contributed by atoms with E-state index in [4.69, 9.17) is 18.3 Å². The number of amides is 1. The van der Waals surface area contributed by atoms with Gasteiger partial charge in [0.25, 0.3) is 10.2 Å². The molecule has 2 aromatic carbocycles. The molecule has 0 aliphatic heterocycles. The summed E-state index contributed by atoms with van der Waals surface area (Å²) in [4.78, 5) is 70.2. The van der Waals surface area contributed by atoms with Gasteiger partial charge in [-0.3, -0.25) is 4.79 Å². The first-order valence-corrected chi connectivity index (χ1v) is 16.1. The third-order valence-electron chi connectivity index (χ3n) is 7.61. The zero-order chi connectivity index (χ0) is 37.6. The highest BCUT2D eigenvalue weighted by molar-refractivity contribution is 5.85. The summed E-state index contributed by atoms with van der Waals surface area (Å²) in [6.45, 7) is 3.14. The average Bonchev–Trinajstić information content (AvgIpc) is 3.78. The molecule has 0 fully saturated rings. The Kier molecular flexibility index (Phi) is 13.9. The lowest BCUT2D eigenvalue weighted by Gasteiger charge is -2.33. The Labute approximate surface area is 295 Å². The van der Waals surface area contributed by atoms with Gasteiger partial charge in [0.15, 0.2) is 24.2 Å². The molecule has 2 aromatic heterocycles. The Morgan fingerprint density at radius 3 is 2.27 bits per heavy atom. The van der Waals surface area contributed by atoms with Crippen molar-refractivity contribution in [3.8, 4) is 22.5 Å². The van der Waals surface area contributed by atoms with Gasteiger partial charge < -0.3 is 32.9 Å². The van der Waals surface area contributed by atoms with Crippen LogP contribution in [-0.2, 0) is 48.5 Å². The number of H-pyrrole nitrogens is 1. The normalized spacial score (nSPS) is 12.2. The molecule has 20 nitrogen and oxygen atoms in total. The van der Waals surface area contributed by atoms with E-state index < -0.39 is 66.5 Å². The summed E-state index contributed by atoms with van der Waals surface area (Å²) in [5.74, 6) is -2.52. The molecular weight excluding hydrogens is 690 g/mol. The van der Waals surface area contributed by atoms with Gasteiger partial charge in [-0.25, -0.2) is 9.59 Å². The van der Waals surface area contributed by atoms with Gasteiger partial charge in [-0.05, 0) is 34.2 Å². The standard InChI is InChI=1S/C32H37N7O13/c1-4-5-10-28(40)37(15-21-11-13-22(14-12-21)24-8-6-7-9-25(24)30-33-35-36-34-30)29(20(2)3)31(41)48-19-27-26(50-32(42)51-27)18-47-16-23(52-39(45)46)17-49-38(43)44/h6-9,11-14,20,23,29H,4-5,10,15-19H2,1-3H3,(H,33,34,35,36)/t23-,29-/m0/s1. The molecule has 0 unspecified atom stereocenters. The Morgan fingerprint density at radius 2 is 1.65 bits per heavy atom. The van der Waals surface area contributed by atoms with E-state index in [1.54, 1.807) is 13.8 Å². The molecule has 2 atom stereocenters. The van der Waals surface area contributed by atoms with Crippen molar-refractivity contribution in [2.24, 2.45) is 5.92 Å². The molecule has 0 radical (unpaired) electrons. The minimum Gasteiger partial charge on any atom is -0.456 e. The molecular formula is C32H37N7O13. The molecule has 0 bridgehead atoms. The summed E-state index contributed by atoms with van der Waals surface area (Å²) >= 11 is 0. The van der Waals surface area contributed by atoms with Crippen molar-refractivity contribution in [3.05, 3.63) is 96.5 Å². The summed E-state index contributed by atoms with van der Waals surface area (Å²) in [7, 11) is 0. The van der Waals surface area contributed by atoms with Crippen molar-refractivity contribution in [2.45, 2.75) is 71.9 Å². The maximum atomic E-state index is 13.6. The number of aromatic amines is 1. The number of carbonyl (C=O) groups excluding carboxylic acids is 2. The van der Waals surface area contributed by atoms with Crippen LogP contribution >= 0.6 is 0 Å². The third-order valence-corrected chi connectivity index (χ3v) is 7.61. The van der Waals surface area contributed by atoms with E-state index in [0.29, 0.717) is 12.2 Å². The van der Waals surface area contributed by atoms with Crippen LogP contribution in [0, 0.1) is 26.1 Å². The molecule has 1 amide bonds. The maximum Gasteiger partial charge on any atom is 0.519 e. The minimum absolute atomic E-state index is 0.0979. The highest BCUT2D eigenvalue weighted by Crippen LogP contribution is 2.30. The molecule has 0 spiro atoms. The van der Waals surface area contributed by atoms with E-state index in [-0.39, 0.29) is 30.4 Å². The number of unbranched alkanes of at least 4 members (excludes halogenated alkanes) is 1. The monoisotopic (exact) mass is 727 g/mol. The fraction of sp³-hybridized carbons (Fsp3) is 0.438. The van der Waals surface area contributed by atoms with E-state index >= 15 is 0 Å². The first-order chi connectivity index (χ1) is 25.0. The van der Waals surface area contributed by atoms with Gasteiger partial charge in [0.2, 0.25) is 11.7 Å². The highest BCUT2D eigenvalue weighted by Gasteiger charge is 2.34. The van der Waals surface area contributed by atoms with Gasteiger partial charge in [-0.15, -0.1) is 30.4 Å². The van der Waals surface area contributed by atoms with Crippen molar-refractivity contribution in [1.29, 1.82) is 0 Å². The minimum atomic E-state index is -1.48. The van der Waals surface area contributed by atoms with Crippen molar-refractivity contribution in [2.75, 3.05) is 13.2 Å². The summed E-state index contributed by atoms with van der Waals surface area (Å²) in [5, 5.41) is 33.1.